The molecule has 0 spiro atoms. The topological polar surface area (TPSA) is 291 Å². The van der Waals surface area contributed by atoms with Gasteiger partial charge in [-0.1, -0.05) is 0 Å². The van der Waals surface area contributed by atoms with E-state index in [4.69, 9.17) is 0 Å². The number of H-pyrrole nitrogens is 1. The van der Waals surface area contributed by atoms with Crippen LogP contribution in [0.5, 0.6) is 0 Å². The molecule has 0 unspecified atom stereocenters. The van der Waals surface area contributed by atoms with Crippen LogP contribution < -0.4 is 47.4 Å². The van der Waals surface area contributed by atoms with Gasteiger partial charge in [0.25, 0.3) is 35.4 Å². The highest BCUT2D eigenvalue weighted by Crippen LogP contribution is 2.20. The molecule has 0 atom stereocenters. The van der Waals surface area contributed by atoms with Crippen LogP contribution in [0.4, 0.5) is 28.4 Å². The molecule has 24 heteroatoms. The summed E-state index contributed by atoms with van der Waals surface area (Å²) in [6.07, 6.45) is 11.8. The van der Waals surface area contributed by atoms with Crippen molar-refractivity contribution in [3.63, 3.8) is 0 Å². The van der Waals surface area contributed by atoms with Crippen LogP contribution in [0.25, 0.3) is 0 Å². The highest BCUT2D eigenvalue weighted by molar-refractivity contribution is 6.09. The standard InChI is InChI=1S/C44H54N16O8/c1-55(2)13-8-10-45-36(61)9-11-47-40(64)32-17-28(23-57(32)4)52-39(63)31-15-26(20-48-31)51-42(66)34-16-27(22-59(34)6)50-37(62)21-49-41(65)33-18-29(24-58(33)5)53-43(67)35-19-30(25-60(35)7)54-44(68)38-46-12-14-56(38)3/h12,14-20,22-25,48H,8-11,13,21H2,1-7H3,(H,45,61)(H,47,64)(H,49,65)(H,50,62)(H,51,66)(H,52,63)(H,53,67)(H,54,68)/p+1. The summed E-state index contributed by atoms with van der Waals surface area (Å²) in [6.45, 7) is 1.23. The fourth-order valence-electron chi connectivity index (χ4n) is 6.99. The Balaban J connectivity index is 0.937. The summed E-state index contributed by atoms with van der Waals surface area (Å²) in [7, 11) is 12.3. The number of aryl methyl sites for hydroxylation is 5. The maximum Gasteiger partial charge on any atom is 0.291 e. The van der Waals surface area contributed by atoms with Crippen LogP contribution in [0.3, 0.4) is 0 Å². The number of quaternary nitrogens is 1. The predicted octanol–water partition coefficient (Wildman–Crippen LogP) is 0.251. The quantitative estimate of drug-likeness (QED) is 0.0469. The van der Waals surface area contributed by atoms with E-state index in [1.807, 2.05) is 14.1 Å². The summed E-state index contributed by atoms with van der Waals surface area (Å²) < 4.78 is 7.63. The lowest BCUT2D eigenvalue weighted by molar-refractivity contribution is -0.858. The molecule has 0 bridgehead atoms. The number of anilines is 5. The highest BCUT2D eigenvalue weighted by Gasteiger charge is 2.21. The van der Waals surface area contributed by atoms with Crippen molar-refractivity contribution in [2.24, 2.45) is 35.2 Å². The molecule has 6 aromatic rings. The number of hydrogen-bond acceptors (Lipinski definition) is 9. The van der Waals surface area contributed by atoms with Crippen LogP contribution in [0.1, 0.15) is 75.9 Å². The van der Waals surface area contributed by atoms with Gasteiger partial charge in [-0.2, -0.15) is 0 Å². The number of nitrogens with zero attached hydrogens (tertiary/aromatic N) is 6. The van der Waals surface area contributed by atoms with Crippen molar-refractivity contribution >= 4 is 75.7 Å². The van der Waals surface area contributed by atoms with E-state index in [1.165, 1.54) is 69.2 Å². The SMILES string of the molecule is Cn1cc(NC(=O)c2cc(NC(=O)c3cc(NC(=O)CNC(=O)c4cc(NC(=O)c5cc(NC(=O)c6nccn6C)cn5C)cn4C)cn3C)c[nH]2)cc1C(=O)NCCC(=O)NCCC[NH+](C)C. The number of nitrogens with one attached hydrogen (secondary N) is 10. The molecule has 10 N–H and O–H groups in total. The molecule has 6 rings (SSSR count). The fraction of sp³-hybridized carbons (Fsp3) is 0.295. The van der Waals surface area contributed by atoms with Gasteiger partial charge < -0.3 is 75.3 Å². The number of aromatic nitrogens is 7. The summed E-state index contributed by atoms with van der Waals surface area (Å²) in [4.78, 5) is 111. The van der Waals surface area contributed by atoms with Gasteiger partial charge in [-0.05, 0) is 30.3 Å². The molecular formula is C44H55N16O8+. The second-order valence-electron chi connectivity index (χ2n) is 16.3. The Morgan fingerprint density at radius 3 is 1.54 bits per heavy atom. The number of hydrogen-bond donors (Lipinski definition) is 10. The van der Waals surface area contributed by atoms with Crippen LogP contribution in [-0.2, 0) is 44.8 Å². The van der Waals surface area contributed by atoms with Crippen LogP contribution in [0.2, 0.25) is 0 Å². The van der Waals surface area contributed by atoms with E-state index in [9.17, 15) is 38.4 Å². The fourth-order valence-corrected chi connectivity index (χ4v) is 6.99. The summed E-state index contributed by atoms with van der Waals surface area (Å²) in [5.74, 6) is -3.54. The Hall–Kier alpha value is -8.67. The van der Waals surface area contributed by atoms with Crippen LogP contribution in [0.15, 0.2) is 73.7 Å². The number of imidazole rings is 1. The Labute approximate surface area is 389 Å². The molecule has 0 aromatic carbocycles. The third-order valence-electron chi connectivity index (χ3n) is 10.4. The van der Waals surface area contributed by atoms with E-state index < -0.39 is 47.9 Å². The van der Waals surface area contributed by atoms with Gasteiger partial charge in [-0.3, -0.25) is 38.4 Å². The van der Waals surface area contributed by atoms with E-state index in [2.05, 4.69) is 52.5 Å². The van der Waals surface area contributed by atoms with Gasteiger partial charge >= 0.3 is 0 Å². The maximum atomic E-state index is 13.2. The maximum absolute atomic E-state index is 13.2. The van der Waals surface area contributed by atoms with Gasteiger partial charge in [0.05, 0.1) is 55.6 Å². The zero-order chi connectivity index (χ0) is 49.2. The van der Waals surface area contributed by atoms with Crippen molar-refractivity contribution in [1.82, 2.24) is 48.8 Å². The third kappa shape index (κ3) is 12.6. The lowest BCUT2D eigenvalue weighted by Gasteiger charge is -2.09. The molecule has 68 heavy (non-hydrogen) atoms. The number of carbonyl (C=O) groups is 8. The van der Waals surface area contributed by atoms with Gasteiger partial charge in [-0.15, -0.1) is 0 Å². The first-order chi connectivity index (χ1) is 32.3. The number of carbonyl (C=O) groups excluding carboxylic acids is 8. The summed E-state index contributed by atoms with van der Waals surface area (Å²) >= 11 is 0. The summed E-state index contributed by atoms with van der Waals surface area (Å²) in [6, 6.07) is 7.33. The molecule has 0 aliphatic carbocycles. The van der Waals surface area contributed by atoms with Crippen LogP contribution in [-0.4, -0.2) is 120 Å². The third-order valence-corrected chi connectivity index (χ3v) is 10.4. The second-order valence-corrected chi connectivity index (χ2v) is 16.3. The average Bonchev–Trinajstić information content (AvgIpc) is 4.15. The van der Waals surface area contributed by atoms with Crippen molar-refractivity contribution in [1.29, 1.82) is 0 Å². The van der Waals surface area contributed by atoms with Gasteiger partial charge in [0.1, 0.15) is 28.5 Å². The molecule has 0 saturated heterocycles. The minimum Gasteiger partial charge on any atom is -0.356 e. The Morgan fingerprint density at radius 2 is 1.01 bits per heavy atom. The van der Waals surface area contributed by atoms with Crippen molar-refractivity contribution in [2.45, 2.75) is 12.8 Å². The zero-order valence-corrected chi connectivity index (χ0v) is 38.6. The molecule has 0 fully saturated rings. The first kappa shape index (κ1) is 48.8. The summed E-state index contributed by atoms with van der Waals surface area (Å²) in [5, 5.41) is 21.6. The average molecular weight is 936 g/mol. The molecule has 0 aliphatic rings. The molecule has 6 heterocycles. The van der Waals surface area contributed by atoms with E-state index in [1.54, 1.807) is 67.5 Å². The Kier molecular flexibility index (Phi) is 15.5. The van der Waals surface area contributed by atoms with Crippen LogP contribution >= 0.6 is 0 Å². The van der Waals surface area contributed by atoms with Crippen molar-refractivity contribution in [3.8, 4) is 0 Å². The normalized spacial score (nSPS) is 10.9. The van der Waals surface area contributed by atoms with E-state index in [-0.39, 0.29) is 64.5 Å². The Morgan fingerprint density at radius 1 is 0.529 bits per heavy atom. The minimum atomic E-state index is -0.591. The number of amides is 8. The van der Waals surface area contributed by atoms with Gasteiger partial charge in [-0.25, -0.2) is 4.98 Å². The number of aromatic amines is 1. The van der Waals surface area contributed by atoms with Gasteiger partial charge in [0.15, 0.2) is 5.82 Å². The first-order valence-electron chi connectivity index (χ1n) is 21.3. The van der Waals surface area contributed by atoms with Crippen molar-refractivity contribution in [3.05, 3.63) is 108 Å². The molecule has 0 radical (unpaired) electrons. The molecule has 6 aromatic heterocycles. The molecule has 358 valence electrons. The zero-order valence-electron chi connectivity index (χ0n) is 38.6. The molecular weight excluding hydrogens is 881 g/mol. The van der Waals surface area contributed by atoms with Crippen molar-refractivity contribution in [2.75, 3.05) is 66.9 Å². The van der Waals surface area contributed by atoms with Gasteiger partial charge in [0.2, 0.25) is 11.8 Å². The lowest BCUT2D eigenvalue weighted by atomic mass is 10.3. The monoisotopic (exact) mass is 935 g/mol. The van der Waals surface area contributed by atoms with E-state index >= 15 is 0 Å². The first-order valence-corrected chi connectivity index (χ1v) is 21.3. The summed E-state index contributed by atoms with van der Waals surface area (Å²) in [5.41, 5.74) is 2.57. The van der Waals surface area contributed by atoms with E-state index in [0.29, 0.717) is 23.6 Å². The predicted molar refractivity (Wildman–Crippen MR) is 251 cm³/mol. The highest BCUT2D eigenvalue weighted by atomic mass is 16.2. The van der Waals surface area contributed by atoms with Gasteiger partial charge in [0, 0.05) is 105 Å². The largest absolute Gasteiger partial charge is 0.356 e. The number of rotatable bonds is 20. The van der Waals surface area contributed by atoms with Crippen LogP contribution in [0, 0.1) is 0 Å². The lowest BCUT2D eigenvalue weighted by Crippen LogP contribution is -3.05. The minimum absolute atomic E-state index is 0.123. The molecule has 8 amide bonds. The second kappa shape index (κ2) is 21.5. The molecule has 24 nitrogen and oxygen atoms in total. The molecule has 0 aliphatic heterocycles. The van der Waals surface area contributed by atoms with E-state index in [0.717, 1.165) is 13.0 Å². The Bertz CT molecular complexity index is 2870. The molecule has 0 saturated carbocycles. The smallest absolute Gasteiger partial charge is 0.291 e. The van der Waals surface area contributed by atoms with Crippen molar-refractivity contribution < 1.29 is 43.3 Å².